The van der Waals surface area contributed by atoms with Crippen molar-refractivity contribution in [2.75, 3.05) is 6.61 Å². The second-order valence-electron chi connectivity index (χ2n) is 2.53. The lowest BCUT2D eigenvalue weighted by atomic mass is 10.4. The maximum absolute atomic E-state index is 5.39. The second-order valence-corrected chi connectivity index (χ2v) is 2.53. The molecule has 0 saturated carbocycles. The molecule has 0 spiro atoms. The summed E-state index contributed by atoms with van der Waals surface area (Å²) in [6, 6.07) is 0. The Bertz CT molecular complexity index is 242. The average Bonchev–Trinajstić information content (AvgIpc) is 2.34. The van der Waals surface area contributed by atoms with E-state index in [4.69, 9.17) is 4.74 Å². The van der Waals surface area contributed by atoms with Crippen LogP contribution in [0.1, 0.15) is 12.1 Å². The molecule has 0 atom stereocenters. The fraction of sp³-hybridized carbons (Fsp3) is 0.571. The van der Waals surface area contributed by atoms with Crippen molar-refractivity contribution in [1.29, 1.82) is 0 Å². The minimum atomic E-state index is 0.840. The first-order valence-corrected chi connectivity index (χ1v) is 3.52. The summed E-state index contributed by atoms with van der Waals surface area (Å²) in [5.74, 6) is 0.950. The first-order valence-electron chi connectivity index (χ1n) is 3.52. The van der Waals surface area contributed by atoms with Gasteiger partial charge in [-0.25, -0.2) is 4.98 Å². The van der Waals surface area contributed by atoms with Gasteiger partial charge in [-0.05, 0) is 13.3 Å². The average molecular weight is 138 g/mol. The molecular formula is C7H10N2O. The number of fused-ring (bicyclic) bond motifs is 1. The van der Waals surface area contributed by atoms with Gasteiger partial charge in [-0.1, -0.05) is 0 Å². The molecule has 0 aromatic carbocycles. The van der Waals surface area contributed by atoms with Crippen LogP contribution in [-0.4, -0.2) is 16.2 Å². The number of rotatable bonds is 0. The maximum atomic E-state index is 5.39. The Kier molecular flexibility index (Phi) is 1.16. The van der Waals surface area contributed by atoms with Crippen molar-refractivity contribution in [2.45, 2.75) is 19.9 Å². The summed E-state index contributed by atoms with van der Waals surface area (Å²) >= 11 is 0. The van der Waals surface area contributed by atoms with E-state index in [0.717, 1.165) is 31.1 Å². The molecule has 0 bridgehead atoms. The highest BCUT2D eigenvalue weighted by atomic mass is 16.5. The van der Waals surface area contributed by atoms with Crippen molar-refractivity contribution in [1.82, 2.24) is 9.55 Å². The van der Waals surface area contributed by atoms with Gasteiger partial charge in [0, 0.05) is 6.54 Å². The van der Waals surface area contributed by atoms with Gasteiger partial charge < -0.3 is 9.30 Å². The molecule has 1 aromatic rings. The molecule has 0 N–H and O–H groups in total. The largest absolute Gasteiger partial charge is 0.477 e. The number of imidazole rings is 1. The summed E-state index contributed by atoms with van der Waals surface area (Å²) in [5, 5.41) is 0. The van der Waals surface area contributed by atoms with Crippen LogP contribution in [0.15, 0.2) is 6.33 Å². The molecule has 1 aromatic heterocycles. The van der Waals surface area contributed by atoms with Gasteiger partial charge in [0.1, 0.15) is 0 Å². The molecular weight excluding hydrogens is 128 g/mol. The van der Waals surface area contributed by atoms with Gasteiger partial charge in [-0.15, -0.1) is 0 Å². The van der Waals surface area contributed by atoms with Crippen molar-refractivity contribution >= 4 is 0 Å². The van der Waals surface area contributed by atoms with Crippen LogP contribution in [0.2, 0.25) is 0 Å². The first-order chi connectivity index (χ1) is 4.88. The monoisotopic (exact) mass is 138 g/mol. The van der Waals surface area contributed by atoms with Crippen LogP contribution in [0.5, 0.6) is 5.88 Å². The summed E-state index contributed by atoms with van der Waals surface area (Å²) in [6.07, 6.45) is 2.94. The van der Waals surface area contributed by atoms with E-state index in [9.17, 15) is 0 Å². The molecule has 0 saturated heterocycles. The third-order valence-electron chi connectivity index (χ3n) is 1.74. The molecule has 1 aliphatic heterocycles. The van der Waals surface area contributed by atoms with Crippen LogP contribution in [-0.2, 0) is 6.54 Å². The SMILES string of the molecule is Cc1ncn2c1OCCC2. The molecule has 3 heteroatoms. The van der Waals surface area contributed by atoms with Crippen LogP contribution < -0.4 is 4.74 Å². The second kappa shape index (κ2) is 2.01. The van der Waals surface area contributed by atoms with E-state index in [1.807, 2.05) is 13.3 Å². The molecule has 0 radical (unpaired) electrons. The van der Waals surface area contributed by atoms with E-state index < -0.39 is 0 Å². The first kappa shape index (κ1) is 5.77. The molecule has 2 heterocycles. The van der Waals surface area contributed by atoms with E-state index >= 15 is 0 Å². The summed E-state index contributed by atoms with van der Waals surface area (Å²) < 4.78 is 7.45. The topological polar surface area (TPSA) is 27.1 Å². The molecule has 0 aliphatic carbocycles. The van der Waals surface area contributed by atoms with E-state index in [1.54, 1.807) is 0 Å². The Morgan fingerprint density at radius 3 is 3.40 bits per heavy atom. The van der Waals surface area contributed by atoms with Crippen LogP contribution >= 0.6 is 0 Å². The number of ether oxygens (including phenoxy) is 1. The van der Waals surface area contributed by atoms with Gasteiger partial charge in [-0.3, -0.25) is 0 Å². The highest BCUT2D eigenvalue weighted by Crippen LogP contribution is 2.19. The highest BCUT2D eigenvalue weighted by Gasteiger charge is 2.11. The lowest BCUT2D eigenvalue weighted by Gasteiger charge is -2.15. The Morgan fingerprint density at radius 2 is 2.60 bits per heavy atom. The predicted octanol–water partition coefficient (Wildman–Crippen LogP) is 0.974. The molecule has 10 heavy (non-hydrogen) atoms. The number of hydrogen-bond donors (Lipinski definition) is 0. The Balaban J connectivity index is 2.45. The molecule has 0 unspecified atom stereocenters. The van der Waals surface area contributed by atoms with Crippen molar-refractivity contribution in [3.8, 4) is 5.88 Å². The van der Waals surface area contributed by atoms with Gasteiger partial charge >= 0.3 is 0 Å². The molecule has 54 valence electrons. The van der Waals surface area contributed by atoms with Crippen molar-refractivity contribution in [2.24, 2.45) is 0 Å². The zero-order valence-electron chi connectivity index (χ0n) is 6.00. The van der Waals surface area contributed by atoms with Gasteiger partial charge in [0.05, 0.1) is 18.6 Å². The van der Waals surface area contributed by atoms with Crippen molar-refractivity contribution in [3.63, 3.8) is 0 Å². The van der Waals surface area contributed by atoms with E-state index in [0.29, 0.717) is 0 Å². The fourth-order valence-corrected chi connectivity index (χ4v) is 1.22. The van der Waals surface area contributed by atoms with Crippen LogP contribution in [0.25, 0.3) is 0 Å². The minimum absolute atomic E-state index is 0.840. The molecule has 1 aliphatic rings. The number of nitrogens with zero attached hydrogens (tertiary/aromatic N) is 2. The molecule has 2 rings (SSSR count). The smallest absolute Gasteiger partial charge is 0.216 e. The van der Waals surface area contributed by atoms with E-state index in [1.165, 1.54) is 0 Å². The maximum Gasteiger partial charge on any atom is 0.216 e. The molecule has 0 amide bonds. The lowest BCUT2D eigenvalue weighted by molar-refractivity contribution is 0.239. The van der Waals surface area contributed by atoms with E-state index in [2.05, 4.69) is 9.55 Å². The Labute approximate surface area is 59.6 Å². The number of hydrogen-bond acceptors (Lipinski definition) is 2. The van der Waals surface area contributed by atoms with Crippen molar-refractivity contribution < 1.29 is 4.74 Å². The summed E-state index contributed by atoms with van der Waals surface area (Å²) in [5.41, 5.74) is 1.000. The number of aryl methyl sites for hydroxylation is 2. The molecule has 0 fully saturated rings. The van der Waals surface area contributed by atoms with Crippen LogP contribution in [0.3, 0.4) is 0 Å². The minimum Gasteiger partial charge on any atom is -0.477 e. The normalized spacial score (nSPS) is 16.1. The highest BCUT2D eigenvalue weighted by molar-refractivity contribution is 5.19. The predicted molar refractivity (Wildman–Crippen MR) is 37.1 cm³/mol. The standard InChI is InChI=1S/C7H10N2O/c1-6-7-9(5-8-6)3-2-4-10-7/h5H,2-4H2,1H3. The summed E-state index contributed by atoms with van der Waals surface area (Å²) in [4.78, 5) is 4.14. The third kappa shape index (κ3) is 0.701. The zero-order chi connectivity index (χ0) is 6.97. The summed E-state index contributed by atoms with van der Waals surface area (Å²) in [7, 11) is 0. The lowest BCUT2D eigenvalue weighted by Crippen LogP contribution is -2.13. The van der Waals surface area contributed by atoms with Gasteiger partial charge in [0.2, 0.25) is 5.88 Å². The third-order valence-corrected chi connectivity index (χ3v) is 1.74. The quantitative estimate of drug-likeness (QED) is 0.534. The van der Waals surface area contributed by atoms with Crippen LogP contribution in [0, 0.1) is 6.92 Å². The van der Waals surface area contributed by atoms with E-state index in [-0.39, 0.29) is 0 Å². The van der Waals surface area contributed by atoms with Gasteiger partial charge in [0.15, 0.2) is 0 Å². The zero-order valence-corrected chi connectivity index (χ0v) is 6.00. The van der Waals surface area contributed by atoms with Crippen molar-refractivity contribution in [3.05, 3.63) is 12.0 Å². The van der Waals surface area contributed by atoms with Crippen LogP contribution in [0.4, 0.5) is 0 Å². The Hall–Kier alpha value is -0.990. The fourth-order valence-electron chi connectivity index (χ4n) is 1.22. The summed E-state index contributed by atoms with van der Waals surface area (Å²) in [6.45, 7) is 3.86. The Morgan fingerprint density at radius 1 is 1.70 bits per heavy atom. The number of aromatic nitrogens is 2. The van der Waals surface area contributed by atoms with Gasteiger partial charge in [0.25, 0.3) is 0 Å². The van der Waals surface area contributed by atoms with Gasteiger partial charge in [-0.2, -0.15) is 0 Å². The molecule has 3 nitrogen and oxygen atoms in total.